The van der Waals surface area contributed by atoms with E-state index in [0.717, 1.165) is 35.7 Å². The third-order valence-corrected chi connectivity index (χ3v) is 2.67. The average Bonchev–Trinajstić information content (AvgIpc) is 2.76. The number of nitrogens with zero attached hydrogens (tertiary/aromatic N) is 2. The summed E-state index contributed by atoms with van der Waals surface area (Å²) in [6.45, 7) is 3.83. The van der Waals surface area contributed by atoms with Gasteiger partial charge >= 0.3 is 0 Å². The van der Waals surface area contributed by atoms with Crippen LogP contribution in [0.4, 0.5) is 0 Å². The van der Waals surface area contributed by atoms with Gasteiger partial charge in [0, 0.05) is 11.2 Å². The highest BCUT2D eigenvalue weighted by atomic mass is 35.5. The van der Waals surface area contributed by atoms with Crippen molar-refractivity contribution in [3.05, 3.63) is 54.2 Å². The summed E-state index contributed by atoms with van der Waals surface area (Å²) in [6, 6.07) is 9.70. The van der Waals surface area contributed by atoms with Gasteiger partial charge in [0.15, 0.2) is 0 Å². The molecule has 0 N–H and O–H groups in total. The molecule has 3 heteroatoms. The zero-order valence-corrected chi connectivity index (χ0v) is 9.82. The molecule has 0 unspecified atom stereocenters. The van der Waals surface area contributed by atoms with Crippen LogP contribution >= 0.6 is 11.6 Å². The van der Waals surface area contributed by atoms with Crippen LogP contribution in [0.2, 0.25) is 5.02 Å². The lowest BCUT2D eigenvalue weighted by molar-refractivity contribution is 0.777. The van der Waals surface area contributed by atoms with Gasteiger partial charge in [-0.1, -0.05) is 24.9 Å². The Hall–Kier alpha value is -1.28. The molecule has 16 heavy (non-hydrogen) atoms. The molecule has 2 aromatic rings. The molecule has 83 valence electrons. The highest BCUT2D eigenvalue weighted by Crippen LogP contribution is 2.13. The fraction of sp³-hybridized carbons (Fsp3) is 0.231. The molecule has 2 nitrogen and oxygen atoms in total. The first-order chi connectivity index (χ1) is 7.79. The molecule has 1 aromatic heterocycles. The Labute approximate surface area is 101 Å². The lowest BCUT2D eigenvalue weighted by atomic mass is 10.2. The van der Waals surface area contributed by atoms with Crippen LogP contribution in [-0.4, -0.2) is 9.78 Å². The van der Waals surface area contributed by atoms with E-state index in [2.05, 4.69) is 12.0 Å². The number of hydrogen-bond acceptors (Lipinski definition) is 1. The zero-order chi connectivity index (χ0) is 11.4. The molecule has 0 amide bonds. The molecule has 0 bridgehead atoms. The zero-order valence-electron chi connectivity index (χ0n) is 9.06. The average molecular weight is 234 g/mol. The molecule has 0 atom stereocenters. The molecule has 0 aliphatic carbocycles. The van der Waals surface area contributed by atoms with E-state index >= 15 is 0 Å². The SMILES string of the molecule is [CH2]CCCc1ccn(-c2ccc(Cl)cc2)n1. The Kier molecular flexibility index (Phi) is 3.62. The minimum atomic E-state index is 0.744. The van der Waals surface area contributed by atoms with E-state index < -0.39 is 0 Å². The Morgan fingerprint density at radius 1 is 1.19 bits per heavy atom. The summed E-state index contributed by atoms with van der Waals surface area (Å²) >= 11 is 5.84. The van der Waals surface area contributed by atoms with Crippen LogP contribution in [0.25, 0.3) is 5.69 Å². The molecular formula is C13H14ClN2. The minimum Gasteiger partial charge on any atom is -0.241 e. The summed E-state index contributed by atoms with van der Waals surface area (Å²) in [6.07, 6.45) is 5.00. The van der Waals surface area contributed by atoms with Gasteiger partial charge in [-0.15, -0.1) is 0 Å². The molecule has 0 saturated carbocycles. The maximum atomic E-state index is 5.84. The number of halogens is 1. The highest BCUT2D eigenvalue weighted by Gasteiger charge is 2.00. The van der Waals surface area contributed by atoms with Crippen LogP contribution < -0.4 is 0 Å². The quantitative estimate of drug-likeness (QED) is 0.788. The second kappa shape index (κ2) is 5.17. The maximum absolute atomic E-state index is 5.84. The van der Waals surface area contributed by atoms with Crippen molar-refractivity contribution in [3.63, 3.8) is 0 Å². The minimum absolute atomic E-state index is 0.744. The molecule has 0 saturated heterocycles. The topological polar surface area (TPSA) is 17.8 Å². The van der Waals surface area contributed by atoms with E-state index in [-0.39, 0.29) is 0 Å². The fourth-order valence-corrected chi connectivity index (χ4v) is 1.66. The van der Waals surface area contributed by atoms with E-state index in [4.69, 9.17) is 11.6 Å². The van der Waals surface area contributed by atoms with Crippen LogP contribution in [0, 0.1) is 6.92 Å². The number of rotatable bonds is 4. The standard InChI is InChI=1S/C13H14ClN2/c1-2-3-4-12-9-10-16(15-12)13-7-5-11(14)6-8-13/h5-10H,1-4H2. The second-order valence-corrected chi connectivity index (χ2v) is 4.12. The summed E-state index contributed by atoms with van der Waals surface area (Å²) in [5.41, 5.74) is 2.14. The summed E-state index contributed by atoms with van der Waals surface area (Å²) in [7, 11) is 0. The van der Waals surface area contributed by atoms with E-state index in [9.17, 15) is 0 Å². The van der Waals surface area contributed by atoms with E-state index in [1.165, 1.54) is 0 Å². The van der Waals surface area contributed by atoms with E-state index in [1.807, 2.05) is 41.2 Å². The summed E-state index contributed by atoms with van der Waals surface area (Å²) < 4.78 is 1.87. The van der Waals surface area contributed by atoms with Crippen LogP contribution in [0.3, 0.4) is 0 Å². The molecule has 0 aliphatic heterocycles. The Bertz CT molecular complexity index is 445. The summed E-state index contributed by atoms with van der Waals surface area (Å²) in [5.74, 6) is 0. The normalized spacial score (nSPS) is 10.6. The van der Waals surface area contributed by atoms with Gasteiger partial charge in [0.25, 0.3) is 0 Å². The number of aryl methyl sites for hydroxylation is 1. The second-order valence-electron chi connectivity index (χ2n) is 3.69. The molecule has 1 aromatic carbocycles. The predicted octanol–water partition coefficient (Wildman–Crippen LogP) is 3.68. The lowest BCUT2D eigenvalue weighted by Gasteiger charge is -2.00. The molecule has 1 heterocycles. The molecular weight excluding hydrogens is 220 g/mol. The van der Waals surface area contributed by atoms with Crippen molar-refractivity contribution < 1.29 is 0 Å². The van der Waals surface area contributed by atoms with Gasteiger partial charge in [0.1, 0.15) is 0 Å². The number of benzene rings is 1. The third-order valence-electron chi connectivity index (χ3n) is 2.42. The smallest absolute Gasteiger partial charge is 0.0646 e. The molecule has 2 rings (SSSR count). The van der Waals surface area contributed by atoms with Crippen LogP contribution in [0.1, 0.15) is 18.5 Å². The van der Waals surface area contributed by atoms with Crippen molar-refractivity contribution in [2.75, 3.05) is 0 Å². The Morgan fingerprint density at radius 3 is 2.62 bits per heavy atom. The van der Waals surface area contributed by atoms with Crippen molar-refractivity contribution in [2.45, 2.75) is 19.3 Å². The molecule has 0 aliphatic rings. The van der Waals surface area contributed by atoms with Crippen molar-refractivity contribution in [3.8, 4) is 5.69 Å². The van der Waals surface area contributed by atoms with Crippen LogP contribution in [-0.2, 0) is 6.42 Å². The summed E-state index contributed by atoms with van der Waals surface area (Å²) in [5, 5.41) is 5.24. The molecule has 0 spiro atoms. The molecule has 1 radical (unpaired) electrons. The van der Waals surface area contributed by atoms with E-state index in [1.54, 1.807) is 0 Å². The van der Waals surface area contributed by atoms with Gasteiger partial charge in [-0.25, -0.2) is 4.68 Å². The monoisotopic (exact) mass is 233 g/mol. The lowest BCUT2D eigenvalue weighted by Crippen LogP contribution is -1.95. The first-order valence-corrected chi connectivity index (χ1v) is 5.77. The number of unbranched alkanes of at least 4 members (excludes halogenated alkanes) is 1. The first kappa shape index (κ1) is 11.2. The van der Waals surface area contributed by atoms with E-state index in [0.29, 0.717) is 0 Å². The number of hydrogen-bond donors (Lipinski definition) is 0. The van der Waals surface area contributed by atoms with Crippen molar-refractivity contribution >= 4 is 11.6 Å². The highest BCUT2D eigenvalue weighted by molar-refractivity contribution is 6.30. The van der Waals surface area contributed by atoms with Gasteiger partial charge in [-0.05, 0) is 43.2 Å². The fourth-order valence-electron chi connectivity index (χ4n) is 1.54. The van der Waals surface area contributed by atoms with Gasteiger partial charge in [-0.3, -0.25) is 0 Å². The van der Waals surface area contributed by atoms with Gasteiger partial charge in [-0.2, -0.15) is 5.10 Å². The first-order valence-electron chi connectivity index (χ1n) is 5.39. The van der Waals surface area contributed by atoms with Crippen molar-refractivity contribution in [2.24, 2.45) is 0 Å². The van der Waals surface area contributed by atoms with Crippen molar-refractivity contribution in [1.82, 2.24) is 9.78 Å². The molecule has 0 fully saturated rings. The van der Waals surface area contributed by atoms with Gasteiger partial charge in [0.05, 0.1) is 11.4 Å². The largest absolute Gasteiger partial charge is 0.241 e. The predicted molar refractivity (Wildman–Crippen MR) is 66.9 cm³/mol. The van der Waals surface area contributed by atoms with Gasteiger partial charge in [0.2, 0.25) is 0 Å². The number of aromatic nitrogens is 2. The Morgan fingerprint density at radius 2 is 1.94 bits per heavy atom. The van der Waals surface area contributed by atoms with Crippen molar-refractivity contribution in [1.29, 1.82) is 0 Å². The Balaban J connectivity index is 2.15. The maximum Gasteiger partial charge on any atom is 0.0646 e. The van der Waals surface area contributed by atoms with Gasteiger partial charge < -0.3 is 0 Å². The van der Waals surface area contributed by atoms with Crippen LogP contribution in [0.15, 0.2) is 36.5 Å². The van der Waals surface area contributed by atoms with Crippen LogP contribution in [0.5, 0.6) is 0 Å². The third kappa shape index (κ3) is 2.64. The summed E-state index contributed by atoms with van der Waals surface area (Å²) in [4.78, 5) is 0.